The number of nitrogens with zero attached hydrogens (tertiary/aromatic N) is 1. The summed E-state index contributed by atoms with van der Waals surface area (Å²) >= 11 is 0. The highest BCUT2D eigenvalue weighted by Crippen LogP contribution is 2.38. The van der Waals surface area contributed by atoms with Crippen LogP contribution in [0.2, 0.25) is 0 Å². The van der Waals surface area contributed by atoms with E-state index in [4.69, 9.17) is 5.73 Å². The molecule has 1 saturated carbocycles. The highest BCUT2D eigenvalue weighted by molar-refractivity contribution is 4.96. The number of rotatable bonds is 2. The molecular formula is C14H28N2. The fraction of sp³-hybridized carbons (Fsp3) is 1.00. The molecule has 2 fully saturated rings. The zero-order valence-electron chi connectivity index (χ0n) is 11.1. The molecule has 0 amide bonds. The zero-order chi connectivity index (χ0) is 11.6. The zero-order valence-corrected chi connectivity index (χ0v) is 11.1. The first-order valence-electron chi connectivity index (χ1n) is 7.03. The van der Waals surface area contributed by atoms with Crippen molar-refractivity contribution in [2.24, 2.45) is 11.1 Å². The van der Waals surface area contributed by atoms with Gasteiger partial charge in [-0.2, -0.15) is 0 Å². The molecule has 94 valence electrons. The quantitative estimate of drug-likeness (QED) is 0.781. The average molecular weight is 224 g/mol. The predicted octanol–water partition coefficient (Wildman–Crippen LogP) is 2.77. The Kier molecular flexibility index (Phi) is 3.60. The smallest absolute Gasteiger partial charge is 0.0331 e. The molecule has 0 aromatic rings. The number of piperidine rings is 1. The van der Waals surface area contributed by atoms with Gasteiger partial charge in [0.25, 0.3) is 0 Å². The molecule has 0 aromatic carbocycles. The van der Waals surface area contributed by atoms with Crippen LogP contribution in [0.5, 0.6) is 0 Å². The number of hydrogen-bond acceptors (Lipinski definition) is 2. The van der Waals surface area contributed by atoms with Gasteiger partial charge in [-0.05, 0) is 44.2 Å². The Morgan fingerprint density at radius 2 is 1.50 bits per heavy atom. The second-order valence-electron chi connectivity index (χ2n) is 6.64. The molecule has 0 spiro atoms. The van der Waals surface area contributed by atoms with Crippen LogP contribution >= 0.6 is 0 Å². The Morgan fingerprint density at radius 1 is 0.938 bits per heavy atom. The van der Waals surface area contributed by atoms with Crippen LogP contribution in [0, 0.1) is 5.41 Å². The van der Waals surface area contributed by atoms with Crippen molar-refractivity contribution in [1.82, 2.24) is 4.90 Å². The summed E-state index contributed by atoms with van der Waals surface area (Å²) in [4.78, 5) is 2.72. The van der Waals surface area contributed by atoms with Gasteiger partial charge in [0.1, 0.15) is 0 Å². The Morgan fingerprint density at radius 3 is 2.00 bits per heavy atom. The summed E-state index contributed by atoms with van der Waals surface area (Å²) in [5.74, 6) is 0. The predicted molar refractivity (Wildman–Crippen MR) is 69.5 cm³/mol. The molecule has 0 radical (unpaired) electrons. The van der Waals surface area contributed by atoms with E-state index < -0.39 is 0 Å². The van der Waals surface area contributed by atoms with Crippen LogP contribution < -0.4 is 5.73 Å². The lowest BCUT2D eigenvalue weighted by Gasteiger charge is -2.50. The highest BCUT2D eigenvalue weighted by atomic mass is 15.2. The normalized spacial score (nSPS) is 30.2. The van der Waals surface area contributed by atoms with Gasteiger partial charge in [-0.15, -0.1) is 0 Å². The largest absolute Gasteiger partial charge is 0.329 e. The van der Waals surface area contributed by atoms with E-state index in [2.05, 4.69) is 18.7 Å². The monoisotopic (exact) mass is 224 g/mol. The Bertz CT molecular complexity index is 219. The molecule has 1 aliphatic heterocycles. The summed E-state index contributed by atoms with van der Waals surface area (Å²) in [7, 11) is 0. The maximum atomic E-state index is 6.10. The van der Waals surface area contributed by atoms with E-state index in [1.54, 1.807) is 0 Å². The third-order valence-electron chi connectivity index (χ3n) is 4.95. The molecule has 2 N–H and O–H groups in total. The number of hydrogen-bond donors (Lipinski definition) is 1. The molecule has 1 saturated heterocycles. The third kappa shape index (κ3) is 2.43. The maximum Gasteiger partial charge on any atom is 0.0331 e. The molecule has 0 atom stereocenters. The lowest BCUT2D eigenvalue weighted by molar-refractivity contribution is 0.00936. The molecule has 1 heterocycles. The molecule has 2 rings (SSSR count). The topological polar surface area (TPSA) is 29.3 Å². The fourth-order valence-electron chi connectivity index (χ4n) is 3.45. The van der Waals surface area contributed by atoms with E-state index >= 15 is 0 Å². The first kappa shape index (κ1) is 12.4. The van der Waals surface area contributed by atoms with E-state index in [-0.39, 0.29) is 0 Å². The minimum atomic E-state index is 0.370. The summed E-state index contributed by atoms with van der Waals surface area (Å²) in [5.41, 5.74) is 7.02. The Hall–Kier alpha value is -0.0800. The molecule has 2 nitrogen and oxygen atoms in total. The Balaban J connectivity index is 2.00. The van der Waals surface area contributed by atoms with Gasteiger partial charge in [-0.3, -0.25) is 4.90 Å². The lowest BCUT2D eigenvalue weighted by Crippen LogP contribution is -2.57. The summed E-state index contributed by atoms with van der Waals surface area (Å²) in [6.07, 6.45) is 9.55. The van der Waals surface area contributed by atoms with Crippen molar-refractivity contribution in [3.63, 3.8) is 0 Å². The fourth-order valence-corrected chi connectivity index (χ4v) is 3.45. The van der Waals surface area contributed by atoms with Gasteiger partial charge in [0.05, 0.1) is 0 Å². The van der Waals surface area contributed by atoms with Gasteiger partial charge in [0.2, 0.25) is 0 Å². The van der Waals surface area contributed by atoms with Gasteiger partial charge < -0.3 is 5.73 Å². The molecule has 2 heteroatoms. The van der Waals surface area contributed by atoms with Gasteiger partial charge >= 0.3 is 0 Å². The summed E-state index contributed by atoms with van der Waals surface area (Å²) in [6.45, 7) is 8.21. The van der Waals surface area contributed by atoms with Crippen LogP contribution in [0.1, 0.15) is 58.8 Å². The van der Waals surface area contributed by atoms with Crippen LogP contribution in [0.25, 0.3) is 0 Å². The van der Waals surface area contributed by atoms with Gasteiger partial charge in [-0.1, -0.05) is 33.1 Å². The second-order valence-corrected chi connectivity index (χ2v) is 6.64. The second kappa shape index (κ2) is 4.66. The van der Waals surface area contributed by atoms with Crippen molar-refractivity contribution >= 4 is 0 Å². The van der Waals surface area contributed by atoms with Gasteiger partial charge in [0, 0.05) is 12.1 Å². The van der Waals surface area contributed by atoms with E-state index in [9.17, 15) is 0 Å². The molecule has 16 heavy (non-hydrogen) atoms. The van der Waals surface area contributed by atoms with E-state index in [1.165, 1.54) is 58.0 Å². The lowest BCUT2D eigenvalue weighted by atomic mass is 9.76. The molecule has 0 bridgehead atoms. The van der Waals surface area contributed by atoms with Crippen LogP contribution in [0.3, 0.4) is 0 Å². The van der Waals surface area contributed by atoms with Crippen LogP contribution in [-0.4, -0.2) is 30.1 Å². The van der Waals surface area contributed by atoms with Crippen molar-refractivity contribution in [3.05, 3.63) is 0 Å². The van der Waals surface area contributed by atoms with Gasteiger partial charge in [-0.25, -0.2) is 0 Å². The first-order valence-corrected chi connectivity index (χ1v) is 7.03. The Labute approximate surface area is 101 Å². The summed E-state index contributed by atoms with van der Waals surface area (Å²) in [5, 5.41) is 0. The molecule has 0 unspecified atom stereocenters. The van der Waals surface area contributed by atoms with Crippen molar-refractivity contribution in [1.29, 1.82) is 0 Å². The van der Waals surface area contributed by atoms with Crippen molar-refractivity contribution in [3.8, 4) is 0 Å². The molecule has 2 aliphatic rings. The average Bonchev–Trinajstić information content (AvgIpc) is 2.30. The molecule has 1 aliphatic carbocycles. The van der Waals surface area contributed by atoms with Crippen molar-refractivity contribution in [2.45, 2.75) is 64.3 Å². The van der Waals surface area contributed by atoms with Crippen LogP contribution in [0.4, 0.5) is 0 Å². The van der Waals surface area contributed by atoms with E-state index in [1.807, 2.05) is 0 Å². The summed E-state index contributed by atoms with van der Waals surface area (Å²) in [6, 6.07) is 0. The van der Waals surface area contributed by atoms with E-state index in [0.29, 0.717) is 11.0 Å². The number of likely N-dealkylation sites (tertiary alicyclic amines) is 1. The van der Waals surface area contributed by atoms with Crippen LogP contribution in [-0.2, 0) is 0 Å². The highest BCUT2D eigenvalue weighted by Gasteiger charge is 2.39. The molecular weight excluding hydrogens is 196 g/mol. The minimum absolute atomic E-state index is 0.370. The third-order valence-corrected chi connectivity index (χ3v) is 4.95. The standard InChI is InChI=1S/C14H28N2/c1-13(2)8-10-16(11-9-13)14(12-15)6-4-3-5-7-14/h3-12,15H2,1-2H3. The van der Waals surface area contributed by atoms with Crippen molar-refractivity contribution in [2.75, 3.05) is 19.6 Å². The summed E-state index contributed by atoms with van der Waals surface area (Å²) < 4.78 is 0. The minimum Gasteiger partial charge on any atom is -0.329 e. The van der Waals surface area contributed by atoms with Crippen molar-refractivity contribution < 1.29 is 0 Å². The van der Waals surface area contributed by atoms with Crippen LogP contribution in [0.15, 0.2) is 0 Å². The molecule has 0 aromatic heterocycles. The SMILES string of the molecule is CC1(C)CCN(C2(CN)CCCCC2)CC1. The number of nitrogens with two attached hydrogens (primary N) is 1. The van der Waals surface area contributed by atoms with Gasteiger partial charge in [0.15, 0.2) is 0 Å². The van der Waals surface area contributed by atoms with E-state index in [0.717, 1.165) is 6.54 Å². The maximum absolute atomic E-state index is 6.10. The first-order chi connectivity index (χ1) is 7.58.